The van der Waals surface area contributed by atoms with E-state index in [-0.39, 0.29) is 0 Å². The molecule has 0 bridgehead atoms. The van der Waals surface area contributed by atoms with Crippen LogP contribution in [0.3, 0.4) is 0 Å². The van der Waals surface area contributed by atoms with Crippen LogP contribution in [0.25, 0.3) is 11.3 Å². The minimum absolute atomic E-state index is 0.498. The van der Waals surface area contributed by atoms with E-state index in [1.165, 1.54) is 6.20 Å². The molecule has 0 saturated heterocycles. The van der Waals surface area contributed by atoms with Gasteiger partial charge in [0.1, 0.15) is 11.5 Å². The predicted molar refractivity (Wildman–Crippen MR) is 67.3 cm³/mol. The van der Waals surface area contributed by atoms with E-state index in [0.717, 1.165) is 23.2 Å². The Hall–Kier alpha value is -2.30. The Kier molecular flexibility index (Phi) is 3.32. The molecule has 1 aromatic heterocycles. The zero-order valence-electron chi connectivity index (χ0n) is 10.5. The lowest BCUT2D eigenvalue weighted by Crippen LogP contribution is -1.96. The number of ether oxygens (including phenoxy) is 2. The molecule has 0 amide bonds. The molecule has 2 rings (SSSR count). The Morgan fingerprint density at radius 1 is 1.28 bits per heavy atom. The summed E-state index contributed by atoms with van der Waals surface area (Å²) in [5, 5.41) is 6.68. The minimum atomic E-state index is 0.498. The molecule has 0 radical (unpaired) electrons. The van der Waals surface area contributed by atoms with Gasteiger partial charge in [-0.15, -0.1) is 0 Å². The van der Waals surface area contributed by atoms with Gasteiger partial charge in [0.25, 0.3) is 0 Å². The van der Waals surface area contributed by atoms with Gasteiger partial charge < -0.3 is 9.47 Å². The van der Waals surface area contributed by atoms with Crippen LogP contribution in [0.1, 0.15) is 15.9 Å². The number of hydrogen-bond donors (Lipinski definition) is 1. The number of H-pyrrole nitrogens is 1. The normalized spacial score (nSPS) is 10.2. The smallest absolute Gasteiger partial charge is 0.153 e. The van der Waals surface area contributed by atoms with E-state index < -0.39 is 0 Å². The highest BCUT2D eigenvalue weighted by molar-refractivity contribution is 5.87. The zero-order valence-corrected chi connectivity index (χ0v) is 10.5. The Morgan fingerprint density at radius 2 is 2.06 bits per heavy atom. The Balaban J connectivity index is 2.65. The topological polar surface area (TPSA) is 64.2 Å². The third-order valence-corrected chi connectivity index (χ3v) is 2.85. The van der Waals surface area contributed by atoms with Crippen molar-refractivity contribution in [2.75, 3.05) is 14.2 Å². The summed E-state index contributed by atoms with van der Waals surface area (Å²) in [6, 6.07) is 3.67. The number of nitrogens with zero attached hydrogens (tertiary/aromatic N) is 1. The summed E-state index contributed by atoms with van der Waals surface area (Å²) < 4.78 is 10.6. The summed E-state index contributed by atoms with van der Waals surface area (Å²) >= 11 is 0. The predicted octanol–water partition coefficient (Wildman–Crippen LogP) is 2.21. The largest absolute Gasteiger partial charge is 0.496 e. The second kappa shape index (κ2) is 4.91. The summed E-state index contributed by atoms with van der Waals surface area (Å²) in [6.07, 6.45) is 2.25. The Bertz CT molecular complexity index is 576. The molecule has 0 aliphatic heterocycles. The van der Waals surface area contributed by atoms with Crippen molar-refractivity contribution in [3.63, 3.8) is 0 Å². The third-order valence-electron chi connectivity index (χ3n) is 2.85. The Morgan fingerprint density at radius 3 is 2.67 bits per heavy atom. The first-order valence-corrected chi connectivity index (χ1v) is 5.43. The van der Waals surface area contributed by atoms with Crippen molar-refractivity contribution < 1.29 is 14.3 Å². The van der Waals surface area contributed by atoms with Crippen LogP contribution in [0.5, 0.6) is 11.5 Å². The average Bonchev–Trinajstić information content (AvgIpc) is 2.86. The molecular weight excluding hydrogens is 232 g/mol. The first-order valence-electron chi connectivity index (χ1n) is 5.43. The van der Waals surface area contributed by atoms with Crippen LogP contribution in [0.4, 0.5) is 0 Å². The maximum atomic E-state index is 10.9. The lowest BCUT2D eigenvalue weighted by atomic mass is 10.0. The van der Waals surface area contributed by atoms with Crippen LogP contribution in [0, 0.1) is 6.92 Å². The number of benzene rings is 1. The molecule has 2 aromatic rings. The monoisotopic (exact) mass is 246 g/mol. The van der Waals surface area contributed by atoms with Crippen molar-refractivity contribution in [1.82, 2.24) is 10.2 Å². The van der Waals surface area contributed by atoms with Crippen LogP contribution in [-0.4, -0.2) is 30.7 Å². The molecule has 1 aromatic carbocycles. The van der Waals surface area contributed by atoms with Crippen LogP contribution in [-0.2, 0) is 0 Å². The van der Waals surface area contributed by atoms with Crippen molar-refractivity contribution >= 4 is 6.29 Å². The lowest BCUT2D eigenvalue weighted by molar-refractivity contribution is 0.112. The first kappa shape index (κ1) is 12.2. The van der Waals surface area contributed by atoms with Gasteiger partial charge in [-0.25, -0.2) is 0 Å². The second-order valence-electron chi connectivity index (χ2n) is 3.79. The van der Waals surface area contributed by atoms with E-state index in [1.807, 2.05) is 19.1 Å². The number of methoxy groups -OCH3 is 2. The van der Waals surface area contributed by atoms with Gasteiger partial charge in [-0.1, -0.05) is 0 Å². The SMILES string of the molecule is COc1ccc(-c2[nH]ncc2C=O)c(OC)c1C. The van der Waals surface area contributed by atoms with Crippen molar-refractivity contribution in [2.45, 2.75) is 6.92 Å². The van der Waals surface area contributed by atoms with Gasteiger partial charge >= 0.3 is 0 Å². The van der Waals surface area contributed by atoms with Crippen molar-refractivity contribution in [1.29, 1.82) is 0 Å². The number of carbonyl (C=O) groups is 1. The fourth-order valence-electron chi connectivity index (χ4n) is 1.96. The lowest BCUT2D eigenvalue weighted by Gasteiger charge is -2.13. The van der Waals surface area contributed by atoms with E-state index in [9.17, 15) is 4.79 Å². The highest BCUT2D eigenvalue weighted by Gasteiger charge is 2.16. The molecule has 0 aliphatic carbocycles. The van der Waals surface area contributed by atoms with Crippen LogP contribution < -0.4 is 9.47 Å². The van der Waals surface area contributed by atoms with Gasteiger partial charge in [-0.2, -0.15) is 5.10 Å². The molecule has 0 atom stereocenters. The third kappa shape index (κ3) is 1.84. The van der Waals surface area contributed by atoms with E-state index in [1.54, 1.807) is 14.2 Å². The first-order chi connectivity index (χ1) is 8.72. The molecule has 1 heterocycles. The van der Waals surface area contributed by atoms with Crippen molar-refractivity contribution in [3.8, 4) is 22.8 Å². The summed E-state index contributed by atoms with van der Waals surface area (Å²) in [5.74, 6) is 1.41. The maximum Gasteiger partial charge on any atom is 0.153 e. The highest BCUT2D eigenvalue weighted by atomic mass is 16.5. The van der Waals surface area contributed by atoms with Gasteiger partial charge in [0.2, 0.25) is 0 Å². The van der Waals surface area contributed by atoms with E-state index >= 15 is 0 Å². The number of rotatable bonds is 4. The summed E-state index contributed by atoms with van der Waals surface area (Å²) in [4.78, 5) is 10.9. The standard InChI is InChI=1S/C13H14N2O3/c1-8-11(17-2)5-4-10(13(8)18-3)12-9(7-16)6-14-15-12/h4-7H,1-3H3,(H,14,15). The van der Waals surface area contributed by atoms with E-state index in [4.69, 9.17) is 9.47 Å². The van der Waals surface area contributed by atoms with Gasteiger partial charge in [-0.05, 0) is 19.1 Å². The summed E-state index contributed by atoms with van der Waals surface area (Å²) in [7, 11) is 3.19. The molecule has 5 heteroatoms. The molecule has 0 spiro atoms. The molecule has 0 saturated carbocycles. The van der Waals surface area contributed by atoms with Crippen molar-refractivity contribution in [3.05, 3.63) is 29.5 Å². The molecule has 1 N–H and O–H groups in total. The summed E-state index contributed by atoms with van der Waals surface area (Å²) in [5.41, 5.74) is 2.81. The second-order valence-corrected chi connectivity index (χ2v) is 3.79. The number of nitrogens with one attached hydrogen (secondary N) is 1. The van der Waals surface area contributed by atoms with Gasteiger partial charge in [0.05, 0.1) is 31.7 Å². The quantitative estimate of drug-likeness (QED) is 0.840. The van der Waals surface area contributed by atoms with E-state index in [2.05, 4.69) is 10.2 Å². The molecule has 0 aliphatic rings. The number of carbonyl (C=O) groups excluding carboxylic acids is 1. The molecule has 5 nitrogen and oxygen atoms in total. The van der Waals surface area contributed by atoms with Gasteiger partial charge in [-0.3, -0.25) is 9.89 Å². The van der Waals surface area contributed by atoms with Gasteiger partial charge in [0.15, 0.2) is 6.29 Å². The molecule has 94 valence electrons. The Labute approximate surface area is 105 Å². The van der Waals surface area contributed by atoms with Crippen LogP contribution in [0.15, 0.2) is 18.3 Å². The fraction of sp³-hybridized carbons (Fsp3) is 0.231. The van der Waals surface area contributed by atoms with Crippen LogP contribution >= 0.6 is 0 Å². The summed E-state index contributed by atoms with van der Waals surface area (Å²) in [6.45, 7) is 1.90. The number of aromatic nitrogens is 2. The number of aldehydes is 1. The average molecular weight is 246 g/mol. The van der Waals surface area contributed by atoms with Crippen LogP contribution in [0.2, 0.25) is 0 Å². The van der Waals surface area contributed by atoms with E-state index in [0.29, 0.717) is 17.0 Å². The zero-order chi connectivity index (χ0) is 13.1. The maximum absolute atomic E-state index is 10.9. The number of aromatic amines is 1. The molecular formula is C13H14N2O3. The molecule has 0 fully saturated rings. The minimum Gasteiger partial charge on any atom is -0.496 e. The fourth-order valence-corrected chi connectivity index (χ4v) is 1.96. The molecule has 0 unspecified atom stereocenters. The molecule has 18 heavy (non-hydrogen) atoms. The number of hydrogen-bond acceptors (Lipinski definition) is 4. The van der Waals surface area contributed by atoms with Gasteiger partial charge in [0, 0.05) is 11.1 Å². The highest BCUT2D eigenvalue weighted by Crippen LogP contribution is 2.37. The van der Waals surface area contributed by atoms with Crippen molar-refractivity contribution in [2.24, 2.45) is 0 Å².